The van der Waals surface area contributed by atoms with Gasteiger partial charge in [0.05, 0.1) is 18.4 Å². The Kier molecular flexibility index (Phi) is 3.60. The maximum absolute atomic E-state index is 12.6. The second-order valence-corrected chi connectivity index (χ2v) is 8.40. The zero-order valence-electron chi connectivity index (χ0n) is 13.8. The number of nitrogens with zero attached hydrogens (tertiary/aromatic N) is 2. The number of hydrogen-bond acceptors (Lipinski definition) is 4. The molecule has 0 spiro atoms. The highest BCUT2D eigenvalue weighted by molar-refractivity contribution is 7.11. The minimum Gasteiger partial charge on any atom is -0.339 e. The molecular formula is C18H20N2O3S. The molecule has 4 atom stereocenters. The van der Waals surface area contributed by atoms with Gasteiger partial charge in [-0.1, -0.05) is 12.2 Å². The summed E-state index contributed by atoms with van der Waals surface area (Å²) in [5.74, 6) is -0.600. The van der Waals surface area contributed by atoms with E-state index < -0.39 is 0 Å². The summed E-state index contributed by atoms with van der Waals surface area (Å²) in [4.78, 5) is 42.8. The number of imide groups is 1. The van der Waals surface area contributed by atoms with Crippen molar-refractivity contribution in [3.63, 3.8) is 0 Å². The van der Waals surface area contributed by atoms with Gasteiger partial charge >= 0.3 is 0 Å². The van der Waals surface area contributed by atoms with Gasteiger partial charge < -0.3 is 4.90 Å². The summed E-state index contributed by atoms with van der Waals surface area (Å²) in [5, 5.41) is 0. The molecule has 0 N–H and O–H groups in total. The monoisotopic (exact) mass is 344 g/mol. The van der Waals surface area contributed by atoms with Crippen molar-refractivity contribution in [2.45, 2.75) is 19.9 Å². The summed E-state index contributed by atoms with van der Waals surface area (Å²) in [6.07, 6.45) is 5.04. The number of carbonyl (C=O) groups excluding carboxylic acids is 3. The maximum atomic E-state index is 12.6. The number of likely N-dealkylation sites (tertiary alicyclic amines) is 1. The quantitative estimate of drug-likeness (QED) is 0.618. The van der Waals surface area contributed by atoms with Crippen LogP contribution in [0.1, 0.15) is 16.2 Å². The fourth-order valence-electron chi connectivity index (χ4n) is 4.27. The van der Waals surface area contributed by atoms with E-state index in [1.807, 2.05) is 19.1 Å². The van der Waals surface area contributed by atoms with Gasteiger partial charge in [-0.05, 0) is 37.3 Å². The van der Waals surface area contributed by atoms with Crippen molar-refractivity contribution in [1.82, 2.24) is 9.80 Å². The highest BCUT2D eigenvalue weighted by atomic mass is 32.1. The molecule has 1 saturated carbocycles. The third kappa shape index (κ3) is 2.32. The molecule has 5 nitrogen and oxygen atoms in total. The summed E-state index contributed by atoms with van der Waals surface area (Å²) in [7, 11) is 1.72. The Bertz CT molecular complexity index is 723. The minimum absolute atomic E-state index is 0.134. The first-order valence-corrected chi connectivity index (χ1v) is 9.10. The number of allylic oxidation sites excluding steroid dienone is 2. The Balaban J connectivity index is 1.43. The molecule has 2 bridgehead atoms. The normalized spacial score (nSPS) is 30.3. The predicted molar refractivity (Wildman–Crippen MR) is 90.0 cm³/mol. The van der Waals surface area contributed by atoms with Gasteiger partial charge in [-0.25, -0.2) is 0 Å². The molecule has 4 rings (SSSR count). The second kappa shape index (κ2) is 5.55. The maximum Gasteiger partial charge on any atom is 0.242 e. The zero-order chi connectivity index (χ0) is 17.0. The zero-order valence-corrected chi connectivity index (χ0v) is 14.6. The number of carbonyl (C=O) groups is 3. The summed E-state index contributed by atoms with van der Waals surface area (Å²) < 4.78 is 0. The fourth-order valence-corrected chi connectivity index (χ4v) is 5.21. The van der Waals surface area contributed by atoms with Crippen molar-refractivity contribution in [2.75, 3.05) is 13.6 Å². The average Bonchev–Trinajstić information content (AvgIpc) is 3.29. The van der Waals surface area contributed by atoms with Gasteiger partial charge in [0.15, 0.2) is 0 Å². The number of fused-ring (bicyclic) bond motifs is 5. The first-order chi connectivity index (χ1) is 11.5. The molecule has 2 heterocycles. The number of hydrogen-bond donors (Lipinski definition) is 0. The van der Waals surface area contributed by atoms with Crippen LogP contribution in [0.4, 0.5) is 0 Å². The number of aryl methyl sites for hydroxylation is 1. The van der Waals surface area contributed by atoms with E-state index in [2.05, 4.69) is 12.2 Å². The van der Waals surface area contributed by atoms with Crippen LogP contribution in [-0.2, 0) is 20.9 Å². The first kappa shape index (κ1) is 15.6. The van der Waals surface area contributed by atoms with E-state index in [-0.39, 0.29) is 47.9 Å². The molecule has 1 aromatic rings. The fraction of sp³-hybridized carbons (Fsp3) is 0.500. The van der Waals surface area contributed by atoms with E-state index in [4.69, 9.17) is 0 Å². The van der Waals surface area contributed by atoms with E-state index in [0.29, 0.717) is 6.54 Å². The summed E-state index contributed by atoms with van der Waals surface area (Å²) in [6, 6.07) is 4.03. The van der Waals surface area contributed by atoms with Crippen molar-refractivity contribution in [3.05, 3.63) is 34.0 Å². The van der Waals surface area contributed by atoms with E-state index in [1.165, 1.54) is 9.78 Å². The topological polar surface area (TPSA) is 57.7 Å². The van der Waals surface area contributed by atoms with E-state index in [9.17, 15) is 14.4 Å². The summed E-state index contributed by atoms with van der Waals surface area (Å²) in [5.41, 5.74) is 0. The van der Waals surface area contributed by atoms with Gasteiger partial charge in [-0.3, -0.25) is 19.3 Å². The van der Waals surface area contributed by atoms with Gasteiger partial charge in [0.1, 0.15) is 6.54 Å². The Hall–Kier alpha value is -1.95. The van der Waals surface area contributed by atoms with Crippen LogP contribution in [0, 0.1) is 30.6 Å². The molecular weight excluding hydrogens is 324 g/mol. The van der Waals surface area contributed by atoms with Gasteiger partial charge in [-0.15, -0.1) is 11.3 Å². The van der Waals surface area contributed by atoms with Crippen LogP contribution >= 0.6 is 11.3 Å². The van der Waals surface area contributed by atoms with Crippen molar-refractivity contribution in [1.29, 1.82) is 0 Å². The van der Waals surface area contributed by atoms with Crippen LogP contribution in [0.25, 0.3) is 0 Å². The molecule has 24 heavy (non-hydrogen) atoms. The standard InChI is InChI=1S/C18H20N2O3S/c1-10-3-6-13(24-10)8-19(2)14(21)9-20-17(22)15-11-4-5-12(7-11)16(15)18(20)23/h3-6,11-12,15-16H,7-9H2,1-2H3/t11-,12-,15-,16+/m0/s1. The van der Waals surface area contributed by atoms with Crippen LogP contribution in [0.2, 0.25) is 0 Å². The molecule has 0 aromatic carbocycles. The van der Waals surface area contributed by atoms with Crippen LogP contribution < -0.4 is 0 Å². The van der Waals surface area contributed by atoms with Crippen molar-refractivity contribution < 1.29 is 14.4 Å². The summed E-state index contributed by atoms with van der Waals surface area (Å²) >= 11 is 1.65. The Morgan fingerprint density at radius 3 is 2.38 bits per heavy atom. The summed E-state index contributed by atoms with van der Waals surface area (Å²) in [6.45, 7) is 2.40. The molecule has 2 aliphatic carbocycles. The highest BCUT2D eigenvalue weighted by Crippen LogP contribution is 2.52. The first-order valence-electron chi connectivity index (χ1n) is 8.28. The third-order valence-electron chi connectivity index (χ3n) is 5.47. The van der Waals surface area contributed by atoms with Gasteiger partial charge in [0, 0.05) is 16.8 Å². The molecule has 1 aliphatic heterocycles. The van der Waals surface area contributed by atoms with Crippen LogP contribution in [0.3, 0.4) is 0 Å². The largest absolute Gasteiger partial charge is 0.339 e. The van der Waals surface area contributed by atoms with Gasteiger partial charge in [0.25, 0.3) is 0 Å². The molecule has 0 radical (unpaired) electrons. The third-order valence-corrected chi connectivity index (χ3v) is 6.46. The van der Waals surface area contributed by atoms with E-state index >= 15 is 0 Å². The van der Waals surface area contributed by atoms with Crippen molar-refractivity contribution in [2.24, 2.45) is 23.7 Å². The molecule has 3 amide bonds. The van der Waals surface area contributed by atoms with Gasteiger partial charge in [-0.2, -0.15) is 0 Å². The number of thiophene rings is 1. The molecule has 2 fully saturated rings. The molecule has 0 unspecified atom stereocenters. The lowest BCUT2D eigenvalue weighted by Gasteiger charge is -2.21. The minimum atomic E-state index is -0.231. The van der Waals surface area contributed by atoms with Crippen LogP contribution in [-0.4, -0.2) is 41.1 Å². The predicted octanol–water partition coefficient (Wildman–Crippen LogP) is 1.82. The van der Waals surface area contributed by atoms with E-state index in [0.717, 1.165) is 11.3 Å². The lowest BCUT2D eigenvalue weighted by molar-refractivity contribution is -0.146. The molecule has 1 aromatic heterocycles. The lowest BCUT2D eigenvalue weighted by Crippen LogP contribution is -2.42. The number of likely N-dealkylation sites (N-methyl/N-ethyl adjacent to an activating group) is 1. The highest BCUT2D eigenvalue weighted by Gasteiger charge is 2.59. The van der Waals surface area contributed by atoms with Crippen molar-refractivity contribution >= 4 is 29.1 Å². The molecule has 3 aliphatic rings. The van der Waals surface area contributed by atoms with Crippen LogP contribution in [0.5, 0.6) is 0 Å². The van der Waals surface area contributed by atoms with E-state index in [1.54, 1.807) is 23.3 Å². The average molecular weight is 344 g/mol. The SMILES string of the molecule is Cc1ccc(CN(C)C(=O)CN2C(=O)[C@@H]3[C@H](C2=O)[C@H]2C=C[C@H]3C2)s1. The number of amides is 3. The van der Waals surface area contributed by atoms with Crippen LogP contribution in [0.15, 0.2) is 24.3 Å². The lowest BCUT2D eigenvalue weighted by atomic mass is 9.85. The molecule has 6 heteroatoms. The smallest absolute Gasteiger partial charge is 0.242 e. The number of rotatable bonds is 4. The Morgan fingerprint density at radius 1 is 1.21 bits per heavy atom. The Labute approximate surface area is 144 Å². The van der Waals surface area contributed by atoms with Crippen molar-refractivity contribution in [3.8, 4) is 0 Å². The Morgan fingerprint density at radius 2 is 1.83 bits per heavy atom. The molecule has 1 saturated heterocycles. The van der Waals surface area contributed by atoms with Gasteiger partial charge in [0.2, 0.25) is 17.7 Å². The second-order valence-electron chi connectivity index (χ2n) is 7.02. The molecule has 126 valence electrons.